The second kappa shape index (κ2) is 11.4. The lowest BCUT2D eigenvalue weighted by molar-refractivity contribution is -0.0285. The molecule has 0 aliphatic carbocycles. The van der Waals surface area contributed by atoms with Crippen LogP contribution in [0.2, 0.25) is 5.02 Å². The lowest BCUT2D eigenvalue weighted by Gasteiger charge is -2.39. The fraction of sp³-hybridized carbons (Fsp3) is 0.458. The number of piperidine rings is 1. The quantitative estimate of drug-likeness (QED) is 0.476. The molecule has 1 fully saturated rings. The molecule has 180 valence electrons. The van der Waals surface area contributed by atoms with Crippen molar-refractivity contribution in [2.24, 2.45) is 0 Å². The third-order valence-corrected chi connectivity index (χ3v) is 6.33. The molecule has 33 heavy (non-hydrogen) atoms. The van der Waals surface area contributed by atoms with E-state index in [1.54, 1.807) is 0 Å². The molecular weight excluding hydrogens is 470 g/mol. The largest absolute Gasteiger partial charge is 0.490 e. The number of ether oxygens (including phenoxy) is 1. The summed E-state index contributed by atoms with van der Waals surface area (Å²) >= 11 is 11.8. The summed E-state index contributed by atoms with van der Waals surface area (Å²) in [7, 11) is 0. The first-order valence-electron chi connectivity index (χ1n) is 10.8. The highest BCUT2D eigenvalue weighted by Crippen LogP contribution is 2.25. The van der Waals surface area contributed by atoms with Crippen molar-refractivity contribution < 1.29 is 24.1 Å². The number of halogens is 3. The Morgan fingerprint density at radius 2 is 1.91 bits per heavy atom. The van der Waals surface area contributed by atoms with Gasteiger partial charge in [0.15, 0.2) is 0 Å². The number of amides is 1. The van der Waals surface area contributed by atoms with Gasteiger partial charge in [0.25, 0.3) is 0 Å². The van der Waals surface area contributed by atoms with Gasteiger partial charge in [-0.2, -0.15) is 0 Å². The molecule has 1 saturated heterocycles. The second-order valence-corrected chi connectivity index (χ2v) is 9.42. The third-order valence-electron chi connectivity index (χ3n) is 5.79. The van der Waals surface area contributed by atoms with Crippen LogP contribution in [0.1, 0.15) is 30.9 Å². The molecule has 0 aromatic heterocycles. The van der Waals surface area contributed by atoms with Gasteiger partial charge in [-0.3, -0.25) is 4.90 Å². The van der Waals surface area contributed by atoms with Crippen molar-refractivity contribution in [3.8, 4) is 5.75 Å². The molecule has 3 rings (SSSR count). The molecule has 2 aromatic rings. The number of hydrogen-bond donors (Lipinski definition) is 2. The number of hydrogen-bond acceptors (Lipinski definition) is 4. The minimum atomic E-state index is -1.46. The lowest BCUT2D eigenvalue weighted by atomic mass is 10.00. The van der Waals surface area contributed by atoms with Gasteiger partial charge < -0.3 is 19.8 Å². The Labute approximate surface area is 203 Å². The van der Waals surface area contributed by atoms with Gasteiger partial charge in [0.05, 0.1) is 12.4 Å². The van der Waals surface area contributed by atoms with Crippen molar-refractivity contribution in [1.29, 1.82) is 0 Å². The zero-order valence-electron chi connectivity index (χ0n) is 18.5. The molecule has 0 spiro atoms. The first-order valence-corrected chi connectivity index (χ1v) is 11.7. The minimum absolute atomic E-state index is 0.115. The summed E-state index contributed by atoms with van der Waals surface area (Å²) in [6.07, 6.45) is 0.243. The van der Waals surface area contributed by atoms with Crippen LogP contribution in [0.15, 0.2) is 42.5 Å². The van der Waals surface area contributed by atoms with E-state index in [1.165, 1.54) is 30.0 Å². The molecule has 0 unspecified atom stereocenters. The molecule has 0 bridgehead atoms. The zero-order valence-corrected chi connectivity index (χ0v) is 20.0. The monoisotopic (exact) mass is 498 g/mol. The number of carbonyl (C=O) groups is 1. The number of rotatable bonds is 9. The molecule has 1 aliphatic heterocycles. The van der Waals surface area contributed by atoms with Crippen molar-refractivity contribution in [1.82, 2.24) is 9.80 Å². The smallest absolute Gasteiger partial charge is 0.407 e. The Bertz CT molecular complexity index is 935. The molecule has 1 aliphatic rings. The van der Waals surface area contributed by atoms with Crippen LogP contribution in [0.4, 0.5) is 9.18 Å². The van der Waals surface area contributed by atoms with Gasteiger partial charge in [-0.25, -0.2) is 9.18 Å². The van der Waals surface area contributed by atoms with Crippen molar-refractivity contribution in [3.05, 3.63) is 64.4 Å². The van der Waals surface area contributed by atoms with E-state index in [4.69, 9.17) is 27.9 Å². The Kier molecular flexibility index (Phi) is 8.82. The predicted molar refractivity (Wildman–Crippen MR) is 127 cm³/mol. The first-order chi connectivity index (χ1) is 15.7. The van der Waals surface area contributed by atoms with Crippen molar-refractivity contribution in [3.63, 3.8) is 0 Å². The molecule has 1 heterocycles. The van der Waals surface area contributed by atoms with Crippen LogP contribution in [0.3, 0.4) is 0 Å². The number of carboxylic acid groups (broad SMARTS) is 1. The normalized spacial score (nSPS) is 16.9. The lowest BCUT2D eigenvalue weighted by Crippen LogP contribution is -2.53. The minimum Gasteiger partial charge on any atom is -0.490 e. The highest BCUT2D eigenvalue weighted by Gasteiger charge is 2.34. The fourth-order valence-corrected chi connectivity index (χ4v) is 4.36. The molecule has 1 amide bonds. The Hall–Kier alpha value is -2.06. The van der Waals surface area contributed by atoms with Crippen LogP contribution in [0.25, 0.3) is 0 Å². The molecule has 1 atom stereocenters. The Balaban J connectivity index is 1.56. The van der Waals surface area contributed by atoms with Gasteiger partial charge in [0.1, 0.15) is 23.8 Å². The summed E-state index contributed by atoms with van der Waals surface area (Å²) in [5.74, 6) is -0.105. The van der Waals surface area contributed by atoms with E-state index in [1.807, 2.05) is 24.3 Å². The number of alkyl halides is 1. The van der Waals surface area contributed by atoms with Crippen LogP contribution in [-0.2, 0) is 12.4 Å². The molecule has 2 aromatic carbocycles. The van der Waals surface area contributed by atoms with Crippen molar-refractivity contribution in [2.75, 3.05) is 26.2 Å². The summed E-state index contributed by atoms with van der Waals surface area (Å²) in [5.41, 5.74) is 0.285. The van der Waals surface area contributed by atoms with Gasteiger partial charge in [-0.1, -0.05) is 29.8 Å². The van der Waals surface area contributed by atoms with Crippen molar-refractivity contribution in [2.45, 2.75) is 43.8 Å². The highest BCUT2D eigenvalue weighted by atomic mass is 35.5. The SMILES string of the molecule is C[C@@](O)(COc1cc(F)ccc1CCl)CN(C(=O)O)C1CCN(Cc2ccc(Cl)cc2)CC1. The van der Waals surface area contributed by atoms with Crippen LogP contribution >= 0.6 is 23.2 Å². The van der Waals surface area contributed by atoms with Gasteiger partial charge in [0.2, 0.25) is 0 Å². The first kappa shape index (κ1) is 25.6. The van der Waals surface area contributed by atoms with Gasteiger partial charge in [0, 0.05) is 42.3 Å². The van der Waals surface area contributed by atoms with Crippen LogP contribution < -0.4 is 4.74 Å². The van der Waals surface area contributed by atoms with Gasteiger partial charge >= 0.3 is 6.09 Å². The van der Waals surface area contributed by atoms with E-state index >= 15 is 0 Å². The van der Waals surface area contributed by atoms with Crippen LogP contribution in [0, 0.1) is 5.82 Å². The number of nitrogens with zero attached hydrogens (tertiary/aromatic N) is 2. The third kappa shape index (κ3) is 7.47. The van der Waals surface area contributed by atoms with E-state index in [-0.39, 0.29) is 30.8 Å². The van der Waals surface area contributed by atoms with E-state index in [0.717, 1.165) is 25.2 Å². The molecule has 2 N–H and O–H groups in total. The summed E-state index contributed by atoms with van der Waals surface area (Å²) < 4.78 is 19.2. The van der Waals surface area contributed by atoms with Gasteiger partial charge in [-0.15, -0.1) is 11.6 Å². The summed E-state index contributed by atoms with van der Waals surface area (Å²) in [6, 6.07) is 11.5. The van der Waals surface area contributed by atoms with E-state index in [0.29, 0.717) is 23.4 Å². The molecule has 6 nitrogen and oxygen atoms in total. The molecule has 0 saturated carbocycles. The Morgan fingerprint density at radius 1 is 1.24 bits per heavy atom. The number of aliphatic hydroxyl groups is 1. The predicted octanol–water partition coefficient (Wildman–Crippen LogP) is 4.99. The van der Waals surface area contributed by atoms with E-state index in [2.05, 4.69) is 4.90 Å². The summed E-state index contributed by atoms with van der Waals surface area (Å²) in [5, 5.41) is 21.3. The average molecular weight is 499 g/mol. The van der Waals surface area contributed by atoms with E-state index in [9.17, 15) is 19.4 Å². The topological polar surface area (TPSA) is 73.2 Å². The molecular formula is C24H29Cl2FN2O4. The second-order valence-electron chi connectivity index (χ2n) is 8.72. The maximum Gasteiger partial charge on any atom is 0.407 e. The standard InChI is InChI=1S/C24H29Cl2FN2O4/c1-24(32,16-33-22-12-20(27)7-4-18(22)13-25)15-29(23(30)31)21-8-10-28(11-9-21)14-17-2-5-19(26)6-3-17/h2-7,12,21,32H,8-11,13-16H2,1H3,(H,30,31)/t24-/m0/s1. The van der Waals surface area contributed by atoms with Crippen LogP contribution in [-0.4, -0.2) is 64.0 Å². The fourth-order valence-electron chi connectivity index (χ4n) is 4.01. The highest BCUT2D eigenvalue weighted by molar-refractivity contribution is 6.30. The summed E-state index contributed by atoms with van der Waals surface area (Å²) in [4.78, 5) is 15.5. The molecule has 9 heteroatoms. The van der Waals surface area contributed by atoms with E-state index < -0.39 is 17.5 Å². The van der Waals surface area contributed by atoms with Gasteiger partial charge in [-0.05, 0) is 43.5 Å². The maximum absolute atomic E-state index is 13.6. The number of benzene rings is 2. The summed E-state index contributed by atoms with van der Waals surface area (Å²) in [6.45, 7) is 3.47. The zero-order chi connectivity index (χ0) is 24.0. The van der Waals surface area contributed by atoms with Crippen molar-refractivity contribution >= 4 is 29.3 Å². The molecule has 0 radical (unpaired) electrons. The Morgan fingerprint density at radius 3 is 2.52 bits per heavy atom. The number of likely N-dealkylation sites (tertiary alicyclic amines) is 1. The average Bonchev–Trinajstić information content (AvgIpc) is 2.78. The maximum atomic E-state index is 13.6. The van der Waals surface area contributed by atoms with Crippen LogP contribution in [0.5, 0.6) is 5.75 Å².